The Balaban J connectivity index is 3.50. The van der Waals surface area contributed by atoms with Gasteiger partial charge in [-0.25, -0.2) is 0 Å². The van der Waals surface area contributed by atoms with Crippen LogP contribution in [0.3, 0.4) is 0 Å². The van der Waals surface area contributed by atoms with Crippen molar-refractivity contribution >= 4 is 37.6 Å². The third kappa shape index (κ3) is 1.94. The van der Waals surface area contributed by atoms with Gasteiger partial charge in [0.1, 0.15) is 5.75 Å². The first-order valence-corrected chi connectivity index (χ1v) is 5.22. The van der Waals surface area contributed by atoms with E-state index in [1.807, 2.05) is 6.92 Å². The number of carbonyl (C=O) groups is 1. The van der Waals surface area contributed by atoms with Gasteiger partial charge >= 0.3 is 0 Å². The van der Waals surface area contributed by atoms with Crippen LogP contribution in [0, 0.1) is 6.92 Å². The van der Waals surface area contributed by atoms with Crippen LogP contribution in [0.25, 0.3) is 0 Å². The monoisotopic (exact) mass is 306 g/mol. The quantitative estimate of drug-likeness (QED) is 0.807. The minimum absolute atomic E-state index is 0.00759. The van der Waals surface area contributed by atoms with Crippen molar-refractivity contribution in [2.24, 2.45) is 0 Å². The van der Waals surface area contributed by atoms with Gasteiger partial charge in [-0.15, -0.1) is 0 Å². The van der Waals surface area contributed by atoms with Crippen molar-refractivity contribution in [3.63, 3.8) is 0 Å². The minimum atomic E-state index is -0.154. The van der Waals surface area contributed by atoms with E-state index in [4.69, 9.17) is 0 Å². The zero-order valence-electron chi connectivity index (χ0n) is 7.19. The Hall–Kier alpha value is -0.350. The second-order valence-electron chi connectivity index (χ2n) is 2.75. The van der Waals surface area contributed by atoms with E-state index in [9.17, 15) is 9.90 Å². The maximum atomic E-state index is 11.1. The van der Waals surface area contributed by atoms with Gasteiger partial charge in [-0.2, -0.15) is 0 Å². The number of carbonyl (C=O) groups excluding carboxylic acids is 1. The molecule has 2 nitrogen and oxygen atoms in total. The SMILES string of the molecule is CC(=O)c1cc(Br)c(C)c(Br)c1O. The Morgan fingerprint density at radius 1 is 1.46 bits per heavy atom. The molecule has 0 saturated carbocycles. The van der Waals surface area contributed by atoms with Crippen LogP contribution in [-0.2, 0) is 0 Å². The summed E-state index contributed by atoms with van der Waals surface area (Å²) in [7, 11) is 0. The van der Waals surface area contributed by atoms with E-state index < -0.39 is 0 Å². The first-order valence-electron chi connectivity index (χ1n) is 3.63. The number of phenols is 1. The molecule has 0 bridgehead atoms. The molecule has 0 unspecified atom stereocenters. The summed E-state index contributed by atoms with van der Waals surface area (Å²) in [5, 5.41) is 9.58. The average molecular weight is 308 g/mol. The molecule has 70 valence electrons. The highest BCUT2D eigenvalue weighted by Crippen LogP contribution is 2.35. The van der Waals surface area contributed by atoms with Crippen LogP contribution in [0.2, 0.25) is 0 Å². The molecule has 0 aromatic heterocycles. The van der Waals surface area contributed by atoms with Crippen molar-refractivity contribution in [2.75, 3.05) is 0 Å². The third-order valence-electron chi connectivity index (χ3n) is 1.80. The molecule has 13 heavy (non-hydrogen) atoms. The number of benzene rings is 1. The molecule has 0 amide bonds. The van der Waals surface area contributed by atoms with Gasteiger partial charge in [-0.3, -0.25) is 4.79 Å². The Kier molecular flexibility index (Phi) is 3.14. The standard InChI is InChI=1S/C9H8Br2O2/c1-4-7(10)3-6(5(2)12)9(13)8(4)11/h3,13H,1-2H3. The molecule has 0 radical (unpaired) electrons. The van der Waals surface area contributed by atoms with E-state index >= 15 is 0 Å². The molecule has 0 atom stereocenters. The maximum absolute atomic E-state index is 11.1. The second-order valence-corrected chi connectivity index (χ2v) is 4.40. The first-order chi connectivity index (χ1) is 5.95. The molecule has 0 fully saturated rings. The molecular formula is C9H8Br2O2. The molecule has 0 spiro atoms. The van der Waals surface area contributed by atoms with Crippen LogP contribution < -0.4 is 0 Å². The highest BCUT2D eigenvalue weighted by atomic mass is 79.9. The molecule has 1 rings (SSSR count). The van der Waals surface area contributed by atoms with Crippen molar-refractivity contribution in [1.29, 1.82) is 0 Å². The zero-order valence-corrected chi connectivity index (χ0v) is 10.4. The smallest absolute Gasteiger partial charge is 0.163 e. The van der Waals surface area contributed by atoms with Crippen LogP contribution in [0.5, 0.6) is 5.75 Å². The Labute approximate surface area is 93.2 Å². The van der Waals surface area contributed by atoms with Crippen molar-refractivity contribution in [3.8, 4) is 5.75 Å². The predicted octanol–water partition coefficient (Wildman–Crippen LogP) is 3.43. The van der Waals surface area contributed by atoms with Gasteiger partial charge in [0.25, 0.3) is 0 Å². The second kappa shape index (κ2) is 3.80. The summed E-state index contributed by atoms with van der Waals surface area (Å²) in [5.41, 5.74) is 1.20. The van der Waals surface area contributed by atoms with E-state index in [0.29, 0.717) is 10.0 Å². The number of hydrogen-bond donors (Lipinski definition) is 1. The van der Waals surface area contributed by atoms with Crippen LogP contribution in [0.4, 0.5) is 0 Å². The van der Waals surface area contributed by atoms with Crippen molar-refractivity contribution in [1.82, 2.24) is 0 Å². The van der Waals surface area contributed by atoms with Gasteiger partial charge in [0.05, 0.1) is 10.0 Å². The third-order valence-corrected chi connectivity index (χ3v) is 3.59. The fourth-order valence-electron chi connectivity index (χ4n) is 0.972. The number of Topliss-reactive ketones (excluding diaryl/α,β-unsaturated/α-hetero) is 1. The van der Waals surface area contributed by atoms with E-state index in [0.717, 1.165) is 10.0 Å². The molecule has 0 aliphatic heterocycles. The normalized spacial score (nSPS) is 10.2. The van der Waals surface area contributed by atoms with E-state index in [-0.39, 0.29) is 11.5 Å². The first kappa shape index (κ1) is 10.7. The van der Waals surface area contributed by atoms with Crippen molar-refractivity contribution in [2.45, 2.75) is 13.8 Å². The van der Waals surface area contributed by atoms with Crippen molar-refractivity contribution in [3.05, 3.63) is 26.1 Å². The molecule has 4 heteroatoms. The number of aromatic hydroxyl groups is 1. The Bertz CT molecular complexity index is 372. The van der Waals surface area contributed by atoms with Gasteiger partial charge in [0.15, 0.2) is 5.78 Å². The summed E-state index contributed by atoms with van der Waals surface area (Å²) in [6.45, 7) is 3.26. The Morgan fingerprint density at radius 2 is 2.00 bits per heavy atom. The number of phenolic OH excluding ortho intramolecular Hbond substituents is 1. The van der Waals surface area contributed by atoms with Crippen LogP contribution in [0.15, 0.2) is 15.0 Å². The lowest BCUT2D eigenvalue weighted by atomic mass is 10.1. The predicted molar refractivity (Wildman–Crippen MR) is 58.2 cm³/mol. The molecule has 1 N–H and O–H groups in total. The summed E-state index contributed by atoms with van der Waals surface area (Å²) in [4.78, 5) is 11.1. The molecule has 0 saturated heterocycles. The molecule has 0 heterocycles. The average Bonchev–Trinajstić information content (AvgIpc) is 2.07. The summed E-state index contributed by atoms with van der Waals surface area (Å²) >= 11 is 6.52. The number of rotatable bonds is 1. The van der Waals surface area contributed by atoms with Crippen LogP contribution in [-0.4, -0.2) is 10.9 Å². The number of halogens is 2. The lowest BCUT2D eigenvalue weighted by Crippen LogP contribution is -1.95. The number of ketones is 1. The zero-order chi connectivity index (χ0) is 10.2. The maximum Gasteiger partial charge on any atom is 0.163 e. The Morgan fingerprint density at radius 3 is 2.46 bits per heavy atom. The molecule has 1 aromatic carbocycles. The lowest BCUT2D eigenvalue weighted by molar-refractivity contribution is 0.101. The molecular weight excluding hydrogens is 300 g/mol. The van der Waals surface area contributed by atoms with E-state index in [2.05, 4.69) is 31.9 Å². The van der Waals surface area contributed by atoms with Crippen LogP contribution in [0.1, 0.15) is 22.8 Å². The van der Waals surface area contributed by atoms with Crippen LogP contribution >= 0.6 is 31.9 Å². The fraction of sp³-hybridized carbons (Fsp3) is 0.222. The molecule has 0 aliphatic rings. The van der Waals surface area contributed by atoms with Crippen molar-refractivity contribution < 1.29 is 9.90 Å². The summed E-state index contributed by atoms with van der Waals surface area (Å²) in [6.07, 6.45) is 0. The summed E-state index contributed by atoms with van der Waals surface area (Å²) in [5.74, 6) is -0.146. The highest BCUT2D eigenvalue weighted by molar-refractivity contribution is 9.11. The summed E-state index contributed by atoms with van der Waals surface area (Å²) in [6, 6.07) is 1.62. The lowest BCUT2D eigenvalue weighted by Gasteiger charge is -2.07. The largest absolute Gasteiger partial charge is 0.506 e. The van der Waals surface area contributed by atoms with Gasteiger partial charge < -0.3 is 5.11 Å². The van der Waals surface area contributed by atoms with E-state index in [1.165, 1.54) is 6.92 Å². The summed E-state index contributed by atoms with van der Waals surface area (Å²) < 4.78 is 1.37. The topological polar surface area (TPSA) is 37.3 Å². The minimum Gasteiger partial charge on any atom is -0.506 e. The molecule has 0 aliphatic carbocycles. The number of hydrogen-bond acceptors (Lipinski definition) is 2. The fourth-order valence-corrected chi connectivity index (χ4v) is 2.09. The van der Waals surface area contributed by atoms with Gasteiger partial charge in [0, 0.05) is 4.47 Å². The van der Waals surface area contributed by atoms with Gasteiger partial charge in [-0.1, -0.05) is 15.9 Å². The highest BCUT2D eigenvalue weighted by Gasteiger charge is 2.14. The molecule has 1 aromatic rings. The van der Waals surface area contributed by atoms with Gasteiger partial charge in [-0.05, 0) is 41.4 Å². The van der Waals surface area contributed by atoms with E-state index in [1.54, 1.807) is 6.07 Å². The van der Waals surface area contributed by atoms with Gasteiger partial charge in [0.2, 0.25) is 0 Å².